The number of hydrogen-bond acceptors (Lipinski definition) is 5. The van der Waals surface area contributed by atoms with Crippen LogP contribution in [0.3, 0.4) is 0 Å². The maximum atomic E-state index is 11.8. The number of anilines is 1. The molecule has 0 bridgehead atoms. The minimum Gasteiger partial charge on any atom is -0.397 e. The number of rotatable bonds is 6. The van der Waals surface area contributed by atoms with Gasteiger partial charge in [0.05, 0.1) is 12.3 Å². The van der Waals surface area contributed by atoms with Gasteiger partial charge in [-0.15, -0.1) is 11.3 Å². The molecular weight excluding hydrogens is 254 g/mol. The van der Waals surface area contributed by atoms with Crippen LogP contribution in [0.25, 0.3) is 0 Å². The lowest BCUT2D eigenvalue weighted by Crippen LogP contribution is -2.45. The molecule has 1 unspecified atom stereocenters. The number of nitrogens with two attached hydrogens (primary N) is 1. The van der Waals surface area contributed by atoms with Crippen molar-refractivity contribution in [1.29, 1.82) is 0 Å². The second kappa shape index (κ2) is 6.97. The van der Waals surface area contributed by atoms with E-state index in [9.17, 15) is 9.59 Å². The summed E-state index contributed by atoms with van der Waals surface area (Å²) in [7, 11) is 1.55. The molecule has 2 amide bonds. The first-order valence-corrected chi connectivity index (χ1v) is 6.34. The van der Waals surface area contributed by atoms with Crippen LogP contribution in [0.1, 0.15) is 16.6 Å². The van der Waals surface area contributed by atoms with Crippen molar-refractivity contribution in [2.45, 2.75) is 13.0 Å². The predicted molar refractivity (Wildman–Crippen MR) is 70.5 cm³/mol. The van der Waals surface area contributed by atoms with Crippen molar-refractivity contribution in [2.24, 2.45) is 0 Å². The molecule has 1 aromatic heterocycles. The van der Waals surface area contributed by atoms with E-state index in [1.54, 1.807) is 25.5 Å². The van der Waals surface area contributed by atoms with E-state index in [4.69, 9.17) is 10.5 Å². The molecule has 6 nitrogen and oxygen atoms in total. The predicted octanol–water partition coefficient (Wildman–Crippen LogP) is 0.211. The molecule has 0 radical (unpaired) electrons. The van der Waals surface area contributed by atoms with Crippen LogP contribution in [-0.2, 0) is 9.53 Å². The third kappa shape index (κ3) is 4.01. The van der Waals surface area contributed by atoms with E-state index < -0.39 is 6.04 Å². The smallest absolute Gasteiger partial charge is 0.264 e. The molecule has 1 heterocycles. The second-order valence-corrected chi connectivity index (χ2v) is 4.60. The number of thiophene rings is 1. The summed E-state index contributed by atoms with van der Waals surface area (Å²) in [5.41, 5.74) is 6.04. The molecule has 0 aromatic carbocycles. The lowest BCUT2D eigenvalue weighted by molar-refractivity contribution is -0.122. The molecule has 1 atom stereocenters. The summed E-state index contributed by atoms with van der Waals surface area (Å²) in [5, 5.41) is 6.96. The Labute approximate surface area is 110 Å². The van der Waals surface area contributed by atoms with Crippen LogP contribution < -0.4 is 16.4 Å². The standard InChI is InChI=1S/C11H17N3O3S/c1-7(10(15)13-4-5-17-2)14-11(16)9-8(12)3-6-18-9/h3,6-7H,4-5,12H2,1-2H3,(H,13,15)(H,14,16). The van der Waals surface area contributed by atoms with Crippen LogP contribution in [0, 0.1) is 0 Å². The van der Waals surface area contributed by atoms with E-state index in [1.165, 1.54) is 11.3 Å². The van der Waals surface area contributed by atoms with Crippen molar-refractivity contribution < 1.29 is 14.3 Å². The van der Waals surface area contributed by atoms with E-state index >= 15 is 0 Å². The quantitative estimate of drug-likeness (QED) is 0.645. The Kier molecular flexibility index (Phi) is 5.60. The molecule has 0 aliphatic heterocycles. The highest BCUT2D eigenvalue weighted by Gasteiger charge is 2.18. The van der Waals surface area contributed by atoms with Crippen molar-refractivity contribution in [3.63, 3.8) is 0 Å². The number of carbonyl (C=O) groups excluding carboxylic acids is 2. The zero-order chi connectivity index (χ0) is 13.5. The Balaban J connectivity index is 2.44. The van der Waals surface area contributed by atoms with Crippen LogP contribution >= 0.6 is 11.3 Å². The summed E-state index contributed by atoms with van der Waals surface area (Å²) < 4.78 is 4.81. The van der Waals surface area contributed by atoms with Gasteiger partial charge in [0.1, 0.15) is 10.9 Å². The minimum atomic E-state index is -0.615. The largest absolute Gasteiger partial charge is 0.397 e. The van der Waals surface area contributed by atoms with Gasteiger partial charge in [-0.3, -0.25) is 9.59 Å². The second-order valence-electron chi connectivity index (χ2n) is 3.68. The minimum absolute atomic E-state index is 0.254. The van der Waals surface area contributed by atoms with Crippen molar-refractivity contribution in [3.05, 3.63) is 16.3 Å². The van der Waals surface area contributed by atoms with E-state index in [0.717, 1.165) is 0 Å². The molecule has 1 rings (SSSR count). The van der Waals surface area contributed by atoms with Gasteiger partial charge in [-0.2, -0.15) is 0 Å². The highest BCUT2D eigenvalue weighted by atomic mass is 32.1. The first kappa shape index (κ1) is 14.5. The van der Waals surface area contributed by atoms with E-state index in [2.05, 4.69) is 10.6 Å². The average Bonchev–Trinajstić information content (AvgIpc) is 2.75. The van der Waals surface area contributed by atoms with Crippen LogP contribution in [0.15, 0.2) is 11.4 Å². The summed E-state index contributed by atoms with van der Waals surface area (Å²) in [6, 6.07) is 1.04. The fourth-order valence-electron chi connectivity index (χ4n) is 1.26. The highest BCUT2D eigenvalue weighted by Crippen LogP contribution is 2.18. The van der Waals surface area contributed by atoms with E-state index in [1.807, 2.05) is 0 Å². The Morgan fingerprint density at radius 2 is 2.28 bits per heavy atom. The number of hydrogen-bond donors (Lipinski definition) is 3. The van der Waals surface area contributed by atoms with Crippen LogP contribution in [0.2, 0.25) is 0 Å². The molecule has 0 aliphatic rings. The van der Waals surface area contributed by atoms with Gasteiger partial charge in [-0.25, -0.2) is 0 Å². The summed E-state index contributed by atoms with van der Waals surface area (Å²) in [6.07, 6.45) is 0. The molecule has 18 heavy (non-hydrogen) atoms. The van der Waals surface area contributed by atoms with Gasteiger partial charge in [0.15, 0.2) is 0 Å². The topological polar surface area (TPSA) is 93.5 Å². The lowest BCUT2D eigenvalue weighted by Gasteiger charge is -2.13. The SMILES string of the molecule is COCCNC(=O)C(C)NC(=O)c1sccc1N. The molecule has 0 fully saturated rings. The summed E-state index contributed by atoms with van der Waals surface area (Å²) >= 11 is 1.24. The normalized spacial score (nSPS) is 11.9. The van der Waals surface area contributed by atoms with Crippen molar-refractivity contribution in [3.8, 4) is 0 Å². The van der Waals surface area contributed by atoms with Crippen molar-refractivity contribution >= 4 is 28.8 Å². The molecule has 0 saturated carbocycles. The monoisotopic (exact) mass is 271 g/mol. The zero-order valence-electron chi connectivity index (χ0n) is 10.4. The van der Waals surface area contributed by atoms with Gasteiger partial charge in [-0.05, 0) is 18.4 Å². The Morgan fingerprint density at radius 3 is 2.83 bits per heavy atom. The molecule has 4 N–H and O–H groups in total. The Bertz CT molecular complexity index is 419. The maximum absolute atomic E-state index is 11.8. The summed E-state index contributed by atoms with van der Waals surface area (Å²) in [5.74, 6) is -0.590. The summed E-state index contributed by atoms with van der Waals surface area (Å²) in [4.78, 5) is 23.8. The zero-order valence-corrected chi connectivity index (χ0v) is 11.2. The number of methoxy groups -OCH3 is 1. The van der Waals surface area contributed by atoms with Gasteiger partial charge >= 0.3 is 0 Å². The number of amides is 2. The van der Waals surface area contributed by atoms with Crippen LogP contribution in [0.4, 0.5) is 5.69 Å². The molecule has 0 spiro atoms. The first-order valence-electron chi connectivity index (χ1n) is 5.46. The van der Waals surface area contributed by atoms with Crippen LogP contribution in [0.5, 0.6) is 0 Å². The fraction of sp³-hybridized carbons (Fsp3) is 0.455. The number of nitrogen functional groups attached to an aromatic ring is 1. The molecule has 1 aromatic rings. The third-order valence-electron chi connectivity index (χ3n) is 2.25. The Hall–Kier alpha value is -1.60. The van der Waals surface area contributed by atoms with Gasteiger partial charge in [-0.1, -0.05) is 0 Å². The molecule has 100 valence electrons. The highest BCUT2D eigenvalue weighted by molar-refractivity contribution is 7.12. The molecule has 7 heteroatoms. The summed E-state index contributed by atoms with van der Waals surface area (Å²) in [6.45, 7) is 2.46. The maximum Gasteiger partial charge on any atom is 0.264 e. The van der Waals surface area contributed by atoms with Gasteiger partial charge in [0.2, 0.25) is 5.91 Å². The number of nitrogens with one attached hydrogen (secondary N) is 2. The van der Waals surface area contributed by atoms with Gasteiger partial charge < -0.3 is 21.1 Å². The fourth-order valence-corrected chi connectivity index (χ4v) is 1.98. The van der Waals surface area contributed by atoms with Gasteiger partial charge in [0, 0.05) is 13.7 Å². The molecule has 0 aliphatic carbocycles. The van der Waals surface area contributed by atoms with Crippen molar-refractivity contribution in [2.75, 3.05) is 26.0 Å². The average molecular weight is 271 g/mol. The third-order valence-corrected chi connectivity index (χ3v) is 3.18. The number of ether oxygens (including phenoxy) is 1. The Morgan fingerprint density at radius 1 is 1.56 bits per heavy atom. The van der Waals surface area contributed by atoms with E-state index in [0.29, 0.717) is 23.7 Å². The number of carbonyl (C=O) groups is 2. The molecule has 0 saturated heterocycles. The molecular formula is C11H17N3O3S. The van der Waals surface area contributed by atoms with Gasteiger partial charge in [0.25, 0.3) is 5.91 Å². The van der Waals surface area contributed by atoms with Crippen LogP contribution in [-0.4, -0.2) is 38.1 Å². The van der Waals surface area contributed by atoms with Crippen molar-refractivity contribution in [1.82, 2.24) is 10.6 Å². The first-order chi connectivity index (χ1) is 8.56. The lowest BCUT2D eigenvalue weighted by atomic mass is 10.3. The van der Waals surface area contributed by atoms with E-state index in [-0.39, 0.29) is 11.8 Å².